The van der Waals surface area contributed by atoms with Crippen molar-refractivity contribution in [2.24, 2.45) is 0 Å². The average Bonchev–Trinajstić information content (AvgIpc) is 3.09. The number of rotatable bonds is 6. The summed E-state index contributed by atoms with van der Waals surface area (Å²) in [6.07, 6.45) is 0. The maximum Gasteiger partial charge on any atom is 0.243 e. The molecule has 6 nitrogen and oxygen atoms in total. The quantitative estimate of drug-likeness (QED) is 0.641. The Morgan fingerprint density at radius 1 is 1.07 bits per heavy atom. The zero-order valence-corrected chi connectivity index (χ0v) is 16.1. The van der Waals surface area contributed by atoms with Crippen LogP contribution in [0.2, 0.25) is 0 Å². The Morgan fingerprint density at radius 2 is 1.70 bits per heavy atom. The number of halogens is 1. The highest BCUT2D eigenvalue weighted by molar-refractivity contribution is 7.89. The molecular weight excluding hydrogens is 369 g/mol. The molecule has 2 aromatic carbocycles. The number of aryl methyl sites for hydroxylation is 1. The molecule has 1 aromatic heterocycles. The molecule has 3 rings (SSSR count). The van der Waals surface area contributed by atoms with Crippen molar-refractivity contribution in [3.63, 3.8) is 0 Å². The molecule has 0 fully saturated rings. The topological polar surface area (TPSA) is 76.3 Å². The molecule has 0 saturated heterocycles. The van der Waals surface area contributed by atoms with Crippen LogP contribution >= 0.6 is 0 Å². The van der Waals surface area contributed by atoms with Gasteiger partial charge in [0.05, 0.1) is 11.4 Å². The van der Waals surface area contributed by atoms with Gasteiger partial charge in [-0.25, -0.2) is 12.8 Å². The molecule has 0 radical (unpaired) electrons. The van der Waals surface area contributed by atoms with E-state index in [1.165, 1.54) is 16.4 Å². The maximum atomic E-state index is 13.1. The van der Waals surface area contributed by atoms with Crippen molar-refractivity contribution in [3.05, 3.63) is 65.8 Å². The summed E-state index contributed by atoms with van der Waals surface area (Å²) in [6, 6.07) is 12.0. The van der Waals surface area contributed by atoms with E-state index < -0.39 is 15.8 Å². The summed E-state index contributed by atoms with van der Waals surface area (Å²) in [5, 5.41) is 3.94. The largest absolute Gasteiger partial charge is 0.338 e. The predicted molar refractivity (Wildman–Crippen MR) is 98.7 cm³/mol. The van der Waals surface area contributed by atoms with Crippen molar-refractivity contribution in [2.75, 3.05) is 0 Å². The van der Waals surface area contributed by atoms with Crippen LogP contribution in [-0.2, 0) is 16.6 Å². The summed E-state index contributed by atoms with van der Waals surface area (Å²) < 4.78 is 45.5. The first kappa shape index (κ1) is 19.2. The van der Waals surface area contributed by atoms with E-state index >= 15 is 0 Å². The van der Waals surface area contributed by atoms with Crippen molar-refractivity contribution in [2.45, 2.75) is 38.3 Å². The van der Waals surface area contributed by atoms with Gasteiger partial charge in [-0.15, -0.1) is 0 Å². The van der Waals surface area contributed by atoms with Crippen molar-refractivity contribution in [1.29, 1.82) is 0 Å². The number of hydrogen-bond donors (Lipinski definition) is 0. The highest BCUT2D eigenvalue weighted by atomic mass is 32.2. The summed E-state index contributed by atoms with van der Waals surface area (Å²) in [5.41, 5.74) is 1.90. The molecule has 0 aliphatic heterocycles. The maximum absolute atomic E-state index is 13.1. The smallest absolute Gasteiger partial charge is 0.243 e. The van der Waals surface area contributed by atoms with E-state index in [4.69, 9.17) is 4.52 Å². The third kappa shape index (κ3) is 4.23. The van der Waals surface area contributed by atoms with E-state index in [1.807, 2.05) is 31.2 Å². The fourth-order valence-corrected chi connectivity index (χ4v) is 4.15. The second-order valence-electron chi connectivity index (χ2n) is 6.48. The minimum atomic E-state index is -3.84. The summed E-state index contributed by atoms with van der Waals surface area (Å²) in [4.78, 5) is 4.32. The van der Waals surface area contributed by atoms with E-state index in [-0.39, 0.29) is 23.4 Å². The number of benzene rings is 2. The Bertz CT molecular complexity index is 1010. The van der Waals surface area contributed by atoms with Crippen LogP contribution < -0.4 is 0 Å². The normalized spacial score (nSPS) is 12.1. The third-order valence-electron chi connectivity index (χ3n) is 4.07. The third-order valence-corrected chi connectivity index (χ3v) is 6.10. The van der Waals surface area contributed by atoms with Crippen LogP contribution in [0.3, 0.4) is 0 Å². The van der Waals surface area contributed by atoms with Crippen LogP contribution in [0.15, 0.2) is 57.9 Å². The second-order valence-corrected chi connectivity index (χ2v) is 8.37. The molecule has 0 atom stereocenters. The molecule has 27 heavy (non-hydrogen) atoms. The number of aromatic nitrogens is 2. The Labute approximate surface area is 157 Å². The lowest BCUT2D eigenvalue weighted by molar-refractivity contribution is 0.286. The van der Waals surface area contributed by atoms with Gasteiger partial charge in [-0.2, -0.15) is 9.29 Å². The SMILES string of the molecule is Cc1ccc(-c2noc(CN(C(C)C)S(=O)(=O)c3ccc(F)cc3)n2)cc1. The van der Waals surface area contributed by atoms with Gasteiger partial charge >= 0.3 is 0 Å². The molecule has 0 aliphatic rings. The van der Waals surface area contributed by atoms with E-state index in [9.17, 15) is 12.8 Å². The molecular formula is C19H20FN3O3S. The second kappa shape index (κ2) is 7.58. The predicted octanol–water partition coefficient (Wildman–Crippen LogP) is 3.78. The highest BCUT2D eigenvalue weighted by Crippen LogP contribution is 2.22. The van der Waals surface area contributed by atoms with Gasteiger partial charge in [0.15, 0.2) is 0 Å². The summed E-state index contributed by atoms with van der Waals surface area (Å²) in [6.45, 7) is 5.40. The van der Waals surface area contributed by atoms with Gasteiger partial charge in [0.2, 0.25) is 21.7 Å². The molecule has 0 N–H and O–H groups in total. The molecule has 0 bridgehead atoms. The van der Waals surface area contributed by atoms with E-state index in [0.717, 1.165) is 23.3 Å². The molecule has 0 amide bonds. The number of sulfonamides is 1. The fourth-order valence-electron chi connectivity index (χ4n) is 2.56. The first-order chi connectivity index (χ1) is 12.8. The number of hydrogen-bond acceptors (Lipinski definition) is 5. The fraction of sp³-hybridized carbons (Fsp3) is 0.263. The van der Waals surface area contributed by atoms with Gasteiger partial charge in [-0.1, -0.05) is 35.0 Å². The van der Waals surface area contributed by atoms with Gasteiger partial charge in [-0.3, -0.25) is 0 Å². The van der Waals surface area contributed by atoms with Crippen LogP contribution in [0.1, 0.15) is 25.3 Å². The average molecular weight is 389 g/mol. The summed E-state index contributed by atoms with van der Waals surface area (Å²) >= 11 is 0. The Kier molecular flexibility index (Phi) is 5.38. The molecule has 0 spiro atoms. The van der Waals surface area contributed by atoms with Crippen LogP contribution in [0.5, 0.6) is 0 Å². The minimum absolute atomic E-state index is 0.0101. The van der Waals surface area contributed by atoms with Gasteiger partial charge in [0, 0.05) is 11.6 Å². The Morgan fingerprint density at radius 3 is 2.30 bits per heavy atom. The minimum Gasteiger partial charge on any atom is -0.338 e. The van der Waals surface area contributed by atoms with Crippen LogP contribution in [0, 0.1) is 12.7 Å². The van der Waals surface area contributed by atoms with Crippen molar-refractivity contribution in [1.82, 2.24) is 14.4 Å². The Hall–Kier alpha value is -2.58. The van der Waals surface area contributed by atoms with Gasteiger partial charge in [-0.05, 0) is 45.0 Å². The Balaban J connectivity index is 1.87. The standard InChI is InChI=1S/C19H20FN3O3S/c1-13(2)23(27(24,25)17-10-8-16(20)9-11-17)12-18-21-19(22-26-18)15-6-4-14(3)5-7-15/h4-11,13H,12H2,1-3H3. The lowest BCUT2D eigenvalue weighted by atomic mass is 10.1. The van der Waals surface area contributed by atoms with Crippen molar-refractivity contribution in [3.8, 4) is 11.4 Å². The lowest BCUT2D eigenvalue weighted by Gasteiger charge is -2.24. The molecule has 0 unspecified atom stereocenters. The van der Waals surface area contributed by atoms with E-state index in [0.29, 0.717) is 5.82 Å². The van der Waals surface area contributed by atoms with Crippen molar-refractivity contribution >= 4 is 10.0 Å². The summed E-state index contributed by atoms with van der Waals surface area (Å²) in [5.74, 6) is 0.0857. The van der Waals surface area contributed by atoms with Crippen molar-refractivity contribution < 1.29 is 17.3 Å². The monoisotopic (exact) mass is 389 g/mol. The molecule has 3 aromatic rings. The molecule has 142 valence electrons. The zero-order valence-electron chi connectivity index (χ0n) is 15.3. The van der Waals surface area contributed by atoms with Crippen LogP contribution in [0.25, 0.3) is 11.4 Å². The first-order valence-electron chi connectivity index (χ1n) is 8.44. The molecule has 8 heteroatoms. The van der Waals surface area contributed by atoms with Gasteiger partial charge in [0.1, 0.15) is 5.82 Å². The molecule has 0 aliphatic carbocycles. The highest BCUT2D eigenvalue weighted by Gasteiger charge is 2.29. The van der Waals surface area contributed by atoms with Crippen LogP contribution in [0.4, 0.5) is 4.39 Å². The van der Waals surface area contributed by atoms with Gasteiger partial charge < -0.3 is 4.52 Å². The molecule has 0 saturated carbocycles. The number of nitrogens with zero attached hydrogens (tertiary/aromatic N) is 3. The van der Waals surface area contributed by atoms with Gasteiger partial charge in [0.25, 0.3) is 0 Å². The van der Waals surface area contributed by atoms with E-state index in [1.54, 1.807) is 13.8 Å². The zero-order chi connectivity index (χ0) is 19.6. The molecule has 1 heterocycles. The van der Waals surface area contributed by atoms with Crippen LogP contribution in [-0.4, -0.2) is 28.9 Å². The first-order valence-corrected chi connectivity index (χ1v) is 9.88. The van der Waals surface area contributed by atoms with E-state index in [2.05, 4.69) is 10.1 Å². The summed E-state index contributed by atoms with van der Waals surface area (Å²) in [7, 11) is -3.84. The lowest BCUT2D eigenvalue weighted by Crippen LogP contribution is -2.36.